The molecular weight excluding hydrogens is 228 g/mol. The highest BCUT2D eigenvalue weighted by molar-refractivity contribution is 7.90. The molecule has 0 atom stereocenters. The maximum Gasteiger partial charge on any atom is 0.247 e. The van der Waals surface area contributed by atoms with Crippen molar-refractivity contribution in [1.82, 2.24) is 19.7 Å². The van der Waals surface area contributed by atoms with Crippen molar-refractivity contribution in [1.29, 1.82) is 0 Å². The highest BCUT2D eigenvalue weighted by Crippen LogP contribution is 2.15. The number of aryl methyl sites for hydroxylation is 1. The second-order valence-electron chi connectivity index (χ2n) is 3.40. The molecule has 0 fully saturated rings. The highest BCUT2D eigenvalue weighted by Gasteiger charge is 2.12. The number of sulfone groups is 1. The lowest BCUT2D eigenvalue weighted by molar-refractivity contribution is 0.593. The van der Waals surface area contributed by atoms with E-state index in [1.807, 2.05) is 0 Å². The van der Waals surface area contributed by atoms with Crippen molar-refractivity contribution in [2.45, 2.75) is 5.16 Å². The van der Waals surface area contributed by atoms with Crippen LogP contribution in [-0.4, -0.2) is 34.4 Å². The molecule has 0 saturated heterocycles. The molecule has 0 unspecified atom stereocenters. The van der Waals surface area contributed by atoms with Crippen LogP contribution in [0.2, 0.25) is 0 Å². The summed E-state index contributed by atoms with van der Waals surface area (Å²) in [6, 6.07) is 1.64. The van der Waals surface area contributed by atoms with Crippen LogP contribution in [0.4, 0.5) is 0 Å². The van der Waals surface area contributed by atoms with E-state index in [1.165, 1.54) is 6.20 Å². The minimum Gasteiger partial charge on any atom is -0.275 e. The summed E-state index contributed by atoms with van der Waals surface area (Å²) in [5.41, 5.74) is 1.30. The zero-order chi connectivity index (χ0) is 11.8. The van der Waals surface area contributed by atoms with Gasteiger partial charge >= 0.3 is 0 Å². The molecule has 2 aromatic rings. The second kappa shape index (κ2) is 3.67. The third kappa shape index (κ3) is 2.08. The Hall–Kier alpha value is -1.76. The molecule has 16 heavy (non-hydrogen) atoms. The van der Waals surface area contributed by atoms with Gasteiger partial charge < -0.3 is 0 Å². The van der Waals surface area contributed by atoms with E-state index in [1.54, 1.807) is 30.2 Å². The summed E-state index contributed by atoms with van der Waals surface area (Å²) in [7, 11) is -1.60. The molecule has 0 N–H and O–H groups in total. The molecule has 2 rings (SSSR count). The number of hydrogen-bond donors (Lipinski definition) is 0. The minimum atomic E-state index is -3.38. The normalized spacial score (nSPS) is 11.6. The fourth-order valence-corrected chi connectivity index (χ4v) is 1.75. The van der Waals surface area contributed by atoms with Crippen molar-refractivity contribution >= 4 is 9.84 Å². The maximum absolute atomic E-state index is 11.3. The Bertz CT molecular complexity index is 618. The van der Waals surface area contributed by atoms with Gasteiger partial charge in [-0.25, -0.2) is 18.4 Å². The van der Waals surface area contributed by atoms with Gasteiger partial charge in [0.2, 0.25) is 15.0 Å². The van der Waals surface area contributed by atoms with E-state index in [4.69, 9.17) is 0 Å². The lowest BCUT2D eigenvalue weighted by Gasteiger charge is -1.99. The van der Waals surface area contributed by atoms with Gasteiger partial charge in [-0.1, -0.05) is 0 Å². The van der Waals surface area contributed by atoms with Crippen LogP contribution in [-0.2, 0) is 16.9 Å². The zero-order valence-electron chi connectivity index (χ0n) is 8.82. The summed E-state index contributed by atoms with van der Waals surface area (Å²) in [5, 5.41) is 3.82. The Balaban J connectivity index is 2.52. The van der Waals surface area contributed by atoms with Crippen LogP contribution in [0, 0.1) is 0 Å². The van der Waals surface area contributed by atoms with Crippen molar-refractivity contribution in [2.75, 3.05) is 6.26 Å². The number of aromatic nitrogens is 4. The average Bonchev–Trinajstić information content (AvgIpc) is 2.64. The van der Waals surface area contributed by atoms with Crippen LogP contribution < -0.4 is 0 Å². The van der Waals surface area contributed by atoms with Gasteiger partial charge in [-0.2, -0.15) is 5.10 Å². The molecule has 0 aliphatic heterocycles. The van der Waals surface area contributed by atoms with Crippen molar-refractivity contribution in [2.24, 2.45) is 7.05 Å². The molecule has 2 heterocycles. The van der Waals surface area contributed by atoms with Gasteiger partial charge in [0, 0.05) is 31.3 Å². The van der Waals surface area contributed by atoms with Gasteiger partial charge in [-0.3, -0.25) is 4.68 Å². The first-order valence-corrected chi connectivity index (χ1v) is 6.38. The SMILES string of the molecule is Cn1cc(-c2ccnc(S(C)(=O)=O)n2)cn1. The Morgan fingerprint density at radius 2 is 2.12 bits per heavy atom. The molecular formula is C9H10N4O2S. The Kier molecular flexibility index (Phi) is 2.47. The molecule has 0 aromatic carbocycles. The molecule has 7 heteroatoms. The topological polar surface area (TPSA) is 77.7 Å². The van der Waals surface area contributed by atoms with Crippen molar-refractivity contribution in [3.05, 3.63) is 24.7 Å². The lowest BCUT2D eigenvalue weighted by Crippen LogP contribution is -2.04. The van der Waals surface area contributed by atoms with E-state index < -0.39 is 9.84 Å². The van der Waals surface area contributed by atoms with Crippen LogP contribution >= 0.6 is 0 Å². The van der Waals surface area contributed by atoms with Gasteiger partial charge in [-0.15, -0.1) is 0 Å². The number of nitrogens with zero attached hydrogens (tertiary/aromatic N) is 4. The summed E-state index contributed by atoms with van der Waals surface area (Å²) in [5.74, 6) is 0. The van der Waals surface area contributed by atoms with Gasteiger partial charge in [-0.05, 0) is 6.07 Å². The third-order valence-electron chi connectivity index (χ3n) is 1.97. The van der Waals surface area contributed by atoms with Crippen LogP contribution in [0.3, 0.4) is 0 Å². The molecule has 6 nitrogen and oxygen atoms in total. The highest BCUT2D eigenvalue weighted by atomic mass is 32.2. The first kappa shape index (κ1) is 10.7. The van der Waals surface area contributed by atoms with Crippen molar-refractivity contribution in [3.63, 3.8) is 0 Å². The molecule has 0 bridgehead atoms. The van der Waals surface area contributed by atoms with Crippen LogP contribution in [0.1, 0.15) is 0 Å². The first-order valence-electron chi connectivity index (χ1n) is 4.49. The molecule has 0 radical (unpaired) electrons. The van der Waals surface area contributed by atoms with E-state index >= 15 is 0 Å². The van der Waals surface area contributed by atoms with Crippen LogP contribution in [0.5, 0.6) is 0 Å². The van der Waals surface area contributed by atoms with Crippen molar-refractivity contribution in [3.8, 4) is 11.3 Å². The third-order valence-corrected chi connectivity index (χ3v) is 2.83. The second-order valence-corrected chi connectivity index (χ2v) is 5.31. The average molecular weight is 238 g/mol. The van der Waals surface area contributed by atoms with Crippen molar-refractivity contribution < 1.29 is 8.42 Å². The largest absolute Gasteiger partial charge is 0.275 e. The standard InChI is InChI=1S/C9H10N4O2S/c1-13-6-7(5-11-13)8-3-4-10-9(12-8)16(2,14)15/h3-6H,1-2H3. The Labute approximate surface area is 92.9 Å². The van der Waals surface area contributed by atoms with Gasteiger partial charge in [0.05, 0.1) is 11.9 Å². The summed E-state index contributed by atoms with van der Waals surface area (Å²) in [6.07, 6.45) is 5.88. The van der Waals surface area contributed by atoms with E-state index in [9.17, 15) is 8.42 Å². The zero-order valence-corrected chi connectivity index (χ0v) is 9.64. The lowest BCUT2D eigenvalue weighted by atomic mass is 10.2. The molecule has 0 aliphatic carbocycles. The van der Waals surface area contributed by atoms with Gasteiger partial charge in [0.25, 0.3) is 0 Å². The van der Waals surface area contributed by atoms with Crippen LogP contribution in [0.25, 0.3) is 11.3 Å². The van der Waals surface area contributed by atoms with E-state index in [0.29, 0.717) is 5.69 Å². The quantitative estimate of drug-likeness (QED) is 0.702. The monoisotopic (exact) mass is 238 g/mol. The van der Waals surface area contributed by atoms with Crippen LogP contribution in [0.15, 0.2) is 29.8 Å². The summed E-state index contributed by atoms with van der Waals surface area (Å²) >= 11 is 0. The molecule has 84 valence electrons. The molecule has 0 saturated carbocycles. The Morgan fingerprint density at radius 3 is 2.69 bits per heavy atom. The maximum atomic E-state index is 11.3. The van der Waals surface area contributed by atoms with E-state index in [0.717, 1.165) is 11.8 Å². The van der Waals surface area contributed by atoms with Gasteiger partial charge in [0.15, 0.2) is 0 Å². The summed E-state index contributed by atoms with van der Waals surface area (Å²) in [4.78, 5) is 7.69. The fraction of sp³-hybridized carbons (Fsp3) is 0.222. The fourth-order valence-electron chi connectivity index (χ4n) is 1.23. The number of rotatable bonds is 2. The first-order chi connectivity index (χ1) is 7.47. The Morgan fingerprint density at radius 1 is 1.38 bits per heavy atom. The van der Waals surface area contributed by atoms with E-state index in [2.05, 4.69) is 15.1 Å². The smallest absolute Gasteiger partial charge is 0.247 e. The summed E-state index contributed by atoms with van der Waals surface area (Å²) < 4.78 is 24.2. The number of hydrogen-bond acceptors (Lipinski definition) is 5. The predicted molar refractivity (Wildman–Crippen MR) is 57.3 cm³/mol. The predicted octanol–water partition coefficient (Wildman–Crippen LogP) is 0.281. The van der Waals surface area contributed by atoms with Gasteiger partial charge in [0.1, 0.15) is 0 Å². The summed E-state index contributed by atoms with van der Waals surface area (Å²) in [6.45, 7) is 0. The minimum absolute atomic E-state index is 0.172. The van der Waals surface area contributed by atoms with E-state index in [-0.39, 0.29) is 5.16 Å². The molecule has 2 aromatic heterocycles. The molecule has 0 amide bonds. The molecule has 0 spiro atoms. The molecule has 0 aliphatic rings.